The second-order valence-corrected chi connectivity index (χ2v) is 5.11. The summed E-state index contributed by atoms with van der Waals surface area (Å²) in [6, 6.07) is 0. The van der Waals surface area contributed by atoms with E-state index in [1.807, 2.05) is 6.92 Å². The van der Waals surface area contributed by atoms with Crippen LogP contribution >= 0.6 is 0 Å². The first-order valence-electron chi connectivity index (χ1n) is 6.72. The maximum Gasteiger partial charge on any atom is 0.333 e. The Balaban J connectivity index is 2.49. The first kappa shape index (κ1) is 16.9. The van der Waals surface area contributed by atoms with E-state index in [0.29, 0.717) is 12.8 Å². The van der Waals surface area contributed by atoms with E-state index < -0.39 is 29.7 Å². The molecule has 6 heteroatoms. The quantitative estimate of drug-likeness (QED) is 0.347. The molecule has 6 nitrogen and oxygen atoms in total. The lowest BCUT2D eigenvalue weighted by atomic mass is 9.81. The van der Waals surface area contributed by atoms with Crippen molar-refractivity contribution in [2.24, 2.45) is 11.8 Å². The van der Waals surface area contributed by atoms with Gasteiger partial charge in [-0.2, -0.15) is 0 Å². The second-order valence-electron chi connectivity index (χ2n) is 5.11. The van der Waals surface area contributed by atoms with Crippen LogP contribution in [0.1, 0.15) is 26.7 Å². The minimum atomic E-state index is -1.01. The molecule has 0 heterocycles. The first-order valence-corrected chi connectivity index (χ1v) is 6.72. The topological polar surface area (TPSA) is 89.9 Å². The van der Waals surface area contributed by atoms with E-state index in [-0.39, 0.29) is 18.8 Å². The van der Waals surface area contributed by atoms with Crippen LogP contribution in [0.4, 0.5) is 0 Å². The van der Waals surface area contributed by atoms with Gasteiger partial charge in [-0.25, -0.2) is 4.79 Å². The summed E-state index contributed by atoms with van der Waals surface area (Å²) in [6.45, 7) is 6.61. The Hall–Kier alpha value is -2.11. The molecule has 0 fully saturated rings. The van der Waals surface area contributed by atoms with Crippen molar-refractivity contribution in [1.82, 2.24) is 0 Å². The fourth-order valence-electron chi connectivity index (χ4n) is 2.07. The van der Waals surface area contributed by atoms with Crippen molar-refractivity contribution in [1.29, 1.82) is 0 Å². The van der Waals surface area contributed by atoms with E-state index in [9.17, 15) is 14.4 Å². The molecule has 1 aliphatic carbocycles. The number of esters is 2. The van der Waals surface area contributed by atoms with Gasteiger partial charge < -0.3 is 14.6 Å². The molecule has 2 atom stereocenters. The lowest BCUT2D eigenvalue weighted by Gasteiger charge is -2.24. The number of carboxylic acid groups (broad SMARTS) is 1. The van der Waals surface area contributed by atoms with Crippen LogP contribution in [0.25, 0.3) is 0 Å². The summed E-state index contributed by atoms with van der Waals surface area (Å²) in [5.74, 6) is -3.71. The predicted molar refractivity (Wildman–Crippen MR) is 74.3 cm³/mol. The van der Waals surface area contributed by atoms with E-state index in [4.69, 9.17) is 14.6 Å². The molecular weight excluding hydrogens is 276 g/mol. The van der Waals surface area contributed by atoms with E-state index in [1.165, 1.54) is 6.92 Å². The molecule has 0 radical (unpaired) electrons. The Morgan fingerprint density at radius 2 is 1.95 bits per heavy atom. The molecule has 1 N–H and O–H groups in total. The van der Waals surface area contributed by atoms with Crippen LogP contribution in [0.2, 0.25) is 0 Å². The molecule has 0 saturated carbocycles. The van der Waals surface area contributed by atoms with Gasteiger partial charge in [0.25, 0.3) is 0 Å². The Morgan fingerprint density at radius 1 is 1.33 bits per heavy atom. The number of hydrogen-bond acceptors (Lipinski definition) is 5. The van der Waals surface area contributed by atoms with Crippen LogP contribution in [-0.2, 0) is 23.9 Å². The van der Waals surface area contributed by atoms with Gasteiger partial charge in [0.05, 0.1) is 11.8 Å². The van der Waals surface area contributed by atoms with Crippen LogP contribution in [0.5, 0.6) is 0 Å². The summed E-state index contributed by atoms with van der Waals surface area (Å²) in [4.78, 5) is 34.2. The summed E-state index contributed by atoms with van der Waals surface area (Å²) in [6.07, 6.45) is 2.73. The Morgan fingerprint density at radius 3 is 2.52 bits per heavy atom. The van der Waals surface area contributed by atoms with Crippen LogP contribution in [0.15, 0.2) is 23.8 Å². The van der Waals surface area contributed by atoms with Gasteiger partial charge in [0.15, 0.2) is 0 Å². The third kappa shape index (κ3) is 5.06. The number of ether oxygens (including phenoxy) is 2. The molecule has 1 rings (SSSR count). The number of carboxylic acids is 1. The first-order chi connectivity index (χ1) is 9.82. The molecule has 0 spiro atoms. The van der Waals surface area contributed by atoms with Gasteiger partial charge in [0.1, 0.15) is 13.2 Å². The van der Waals surface area contributed by atoms with E-state index in [0.717, 1.165) is 5.57 Å². The highest BCUT2D eigenvalue weighted by Crippen LogP contribution is 2.29. The number of hydrogen-bond donors (Lipinski definition) is 1. The zero-order valence-electron chi connectivity index (χ0n) is 12.3. The summed E-state index contributed by atoms with van der Waals surface area (Å²) in [5.41, 5.74) is 1.24. The van der Waals surface area contributed by atoms with Gasteiger partial charge in [0.2, 0.25) is 0 Å². The summed E-state index contributed by atoms with van der Waals surface area (Å²) >= 11 is 0. The predicted octanol–water partition coefficient (Wildman–Crippen LogP) is 1.71. The van der Waals surface area contributed by atoms with E-state index in [2.05, 4.69) is 6.58 Å². The highest BCUT2D eigenvalue weighted by molar-refractivity contribution is 5.87. The fraction of sp³-hybridized carbons (Fsp3) is 0.533. The highest BCUT2D eigenvalue weighted by atomic mass is 16.6. The molecule has 0 amide bonds. The summed E-state index contributed by atoms with van der Waals surface area (Å²) in [7, 11) is 0. The molecule has 0 aromatic carbocycles. The molecule has 2 unspecified atom stereocenters. The average molecular weight is 296 g/mol. The molecule has 1 aliphatic rings. The molecule has 21 heavy (non-hydrogen) atoms. The summed E-state index contributed by atoms with van der Waals surface area (Å²) in [5, 5.41) is 9.13. The number of rotatable bonds is 6. The van der Waals surface area contributed by atoms with Crippen LogP contribution in [0, 0.1) is 11.8 Å². The van der Waals surface area contributed by atoms with Crippen molar-refractivity contribution in [2.75, 3.05) is 13.2 Å². The van der Waals surface area contributed by atoms with Gasteiger partial charge in [-0.05, 0) is 26.7 Å². The normalized spacial score (nSPS) is 21.1. The van der Waals surface area contributed by atoms with Crippen molar-refractivity contribution < 1.29 is 29.0 Å². The molecular formula is C15H20O6. The molecule has 0 saturated heterocycles. The largest absolute Gasteiger partial charge is 0.481 e. The number of allylic oxidation sites excluding steroid dienone is 1. The number of carbonyl (C=O) groups excluding carboxylic acids is 2. The van der Waals surface area contributed by atoms with Gasteiger partial charge in [-0.15, -0.1) is 0 Å². The third-order valence-electron chi connectivity index (χ3n) is 3.25. The van der Waals surface area contributed by atoms with E-state index in [1.54, 1.807) is 6.08 Å². The van der Waals surface area contributed by atoms with Crippen molar-refractivity contribution in [2.45, 2.75) is 26.7 Å². The average Bonchev–Trinajstić information content (AvgIpc) is 2.42. The van der Waals surface area contributed by atoms with Crippen molar-refractivity contribution in [3.63, 3.8) is 0 Å². The standard InChI is InChI=1S/C15H20O6/c1-9(2)14(18)20-6-7-21-15(19)12-8-10(3)4-5-11(12)13(16)17/h8,11-12H,1,4-7H2,2-3H3,(H,16,17). The third-order valence-corrected chi connectivity index (χ3v) is 3.25. The molecule has 0 aromatic rings. The van der Waals surface area contributed by atoms with Gasteiger partial charge in [-0.1, -0.05) is 18.2 Å². The molecule has 116 valence electrons. The minimum absolute atomic E-state index is 0.0788. The minimum Gasteiger partial charge on any atom is -0.481 e. The Bertz CT molecular complexity index is 477. The summed E-state index contributed by atoms with van der Waals surface area (Å²) < 4.78 is 9.78. The van der Waals surface area contributed by atoms with Gasteiger partial charge in [0, 0.05) is 5.57 Å². The Labute approximate surface area is 123 Å². The Kier molecular flexibility index (Phi) is 6.14. The van der Waals surface area contributed by atoms with Crippen LogP contribution < -0.4 is 0 Å². The second kappa shape index (κ2) is 7.61. The smallest absolute Gasteiger partial charge is 0.333 e. The highest BCUT2D eigenvalue weighted by Gasteiger charge is 2.35. The molecule has 0 aliphatic heterocycles. The van der Waals surface area contributed by atoms with Gasteiger partial charge in [-0.3, -0.25) is 9.59 Å². The van der Waals surface area contributed by atoms with Gasteiger partial charge >= 0.3 is 17.9 Å². The molecule has 0 bridgehead atoms. The van der Waals surface area contributed by atoms with Crippen molar-refractivity contribution in [3.05, 3.63) is 23.8 Å². The van der Waals surface area contributed by atoms with E-state index >= 15 is 0 Å². The van der Waals surface area contributed by atoms with Crippen LogP contribution in [-0.4, -0.2) is 36.2 Å². The SMILES string of the molecule is C=C(C)C(=O)OCCOC(=O)C1C=C(C)CCC1C(=O)O. The zero-order valence-corrected chi connectivity index (χ0v) is 12.3. The lowest BCUT2D eigenvalue weighted by molar-refractivity contribution is -0.158. The number of aliphatic carboxylic acids is 1. The monoisotopic (exact) mass is 296 g/mol. The van der Waals surface area contributed by atoms with Crippen LogP contribution in [0.3, 0.4) is 0 Å². The fourth-order valence-corrected chi connectivity index (χ4v) is 2.07. The number of carbonyl (C=O) groups is 3. The molecule has 0 aromatic heterocycles. The van der Waals surface area contributed by atoms with Crippen molar-refractivity contribution in [3.8, 4) is 0 Å². The maximum atomic E-state index is 11.9. The lowest BCUT2D eigenvalue weighted by Crippen LogP contribution is -2.33. The maximum absolute atomic E-state index is 11.9. The van der Waals surface area contributed by atoms with Crippen molar-refractivity contribution >= 4 is 17.9 Å². The zero-order chi connectivity index (χ0) is 16.0.